The largest absolute Gasteiger partial charge is 0.490 e. The molecule has 8 nitrogen and oxygen atoms in total. The summed E-state index contributed by atoms with van der Waals surface area (Å²) in [5.74, 6) is -0.0721. The average molecular weight is 556 g/mol. The normalized spacial score (nSPS) is 13.3. The third kappa shape index (κ3) is 9.48. The van der Waals surface area contributed by atoms with Gasteiger partial charge in [-0.3, -0.25) is 4.28 Å². The van der Waals surface area contributed by atoms with E-state index in [4.69, 9.17) is 9.47 Å². The summed E-state index contributed by atoms with van der Waals surface area (Å²) in [6, 6.07) is 9.35. The van der Waals surface area contributed by atoms with Crippen LogP contribution in [-0.2, 0) is 19.2 Å². The van der Waals surface area contributed by atoms with Gasteiger partial charge in [-0.25, -0.2) is 0 Å². The minimum absolute atomic E-state index is 0.0300. The molecule has 2 rings (SSSR count). The van der Waals surface area contributed by atoms with Crippen molar-refractivity contribution in [3.05, 3.63) is 59.7 Å². The average Bonchev–Trinajstić information content (AvgIpc) is 2.80. The molecule has 0 aliphatic carbocycles. The molecular formula is C22H22F6N2O6S. The highest BCUT2D eigenvalue weighted by Crippen LogP contribution is 2.26. The molecule has 0 fully saturated rings. The molecule has 0 aromatic heterocycles. The lowest BCUT2D eigenvalue weighted by atomic mass is 10.1. The Morgan fingerprint density at radius 2 is 1.16 bits per heavy atom. The van der Waals surface area contributed by atoms with Crippen LogP contribution in [0.3, 0.4) is 0 Å². The molecule has 0 radical (unpaired) electrons. The zero-order valence-corrected chi connectivity index (χ0v) is 20.3. The molecule has 0 N–H and O–H groups in total. The molecule has 2 aromatic carbocycles. The van der Waals surface area contributed by atoms with Crippen LogP contribution >= 0.6 is 0 Å². The van der Waals surface area contributed by atoms with Gasteiger partial charge in [-0.1, -0.05) is 17.2 Å². The summed E-state index contributed by atoms with van der Waals surface area (Å²) < 4.78 is 117. The number of hydrogen-bond acceptors (Lipinski definition) is 8. The molecule has 0 aliphatic rings. The van der Waals surface area contributed by atoms with Gasteiger partial charge in [0.1, 0.15) is 31.8 Å². The topological polar surface area (TPSA) is 95.8 Å². The lowest BCUT2D eigenvalue weighted by Gasteiger charge is -2.12. The fourth-order valence-electron chi connectivity index (χ4n) is 2.75. The van der Waals surface area contributed by atoms with Crippen LogP contribution in [0.2, 0.25) is 0 Å². The first-order valence-electron chi connectivity index (χ1n) is 10.5. The highest BCUT2D eigenvalue weighted by Gasteiger charge is 2.39. The first kappa shape index (κ1) is 29.7. The third-order valence-electron chi connectivity index (χ3n) is 4.29. The van der Waals surface area contributed by atoms with E-state index in [1.165, 1.54) is 31.2 Å². The maximum Gasteiger partial charge on any atom is 0.437 e. The van der Waals surface area contributed by atoms with Crippen LogP contribution in [0.25, 0.3) is 0 Å². The smallest absolute Gasteiger partial charge is 0.437 e. The van der Waals surface area contributed by atoms with Gasteiger partial charge in [-0.05, 0) is 55.0 Å². The fraction of sp³-hybridized carbons (Fsp3) is 0.364. The first-order valence-corrected chi connectivity index (χ1v) is 12.1. The summed E-state index contributed by atoms with van der Waals surface area (Å²) in [4.78, 5) is 4.24. The molecule has 0 bridgehead atoms. The molecule has 0 heterocycles. The number of alkyl halides is 6. The maximum absolute atomic E-state index is 13.3. The quantitative estimate of drug-likeness (QED) is 0.157. The highest BCUT2D eigenvalue weighted by molar-refractivity contribution is 7.86. The molecule has 0 saturated carbocycles. The Kier molecular flexibility index (Phi) is 10.2. The van der Waals surface area contributed by atoms with Gasteiger partial charge in [0.15, 0.2) is 11.4 Å². The molecular weight excluding hydrogens is 534 g/mol. The van der Waals surface area contributed by atoms with Crippen LogP contribution in [0.5, 0.6) is 11.5 Å². The zero-order valence-electron chi connectivity index (χ0n) is 19.5. The van der Waals surface area contributed by atoms with Crippen molar-refractivity contribution in [3.63, 3.8) is 0 Å². The van der Waals surface area contributed by atoms with E-state index < -0.39 is 45.2 Å². The number of ether oxygens (including phenoxy) is 2. The van der Waals surface area contributed by atoms with E-state index in [2.05, 4.69) is 19.4 Å². The van der Waals surface area contributed by atoms with E-state index >= 15 is 0 Å². The molecule has 2 aromatic rings. The molecule has 0 atom stereocenters. The van der Waals surface area contributed by atoms with Crippen LogP contribution in [0.15, 0.2) is 58.8 Å². The van der Waals surface area contributed by atoms with E-state index in [0.717, 1.165) is 31.4 Å². The fourth-order valence-corrected chi connectivity index (χ4v) is 3.51. The molecule has 37 heavy (non-hydrogen) atoms. The molecule has 0 saturated heterocycles. The predicted molar refractivity (Wildman–Crippen MR) is 121 cm³/mol. The zero-order chi connectivity index (χ0) is 27.7. The molecule has 0 amide bonds. The van der Waals surface area contributed by atoms with E-state index in [1.807, 2.05) is 0 Å². The van der Waals surface area contributed by atoms with Crippen molar-refractivity contribution in [1.29, 1.82) is 0 Å². The predicted octanol–water partition coefficient (Wildman–Crippen LogP) is 5.08. The number of oxime groups is 2. The second-order valence-corrected chi connectivity index (χ2v) is 8.81. The van der Waals surface area contributed by atoms with Crippen molar-refractivity contribution in [2.75, 3.05) is 26.1 Å². The second kappa shape index (κ2) is 12.7. The standard InChI is InChI=1S/C22H22F6N2O6S/c1-3-14-37(31,32)36-30-20(22(26,27)28)16-6-10-18(11-7-16)35-13-12-34-17-8-4-15(5-9-17)19(29-33-2)21(23,24)25/h4-11H,3,12-14H2,1-2H3/b29-19-,30-20-. The van der Waals surface area contributed by atoms with Gasteiger partial charge in [0, 0.05) is 11.1 Å². The van der Waals surface area contributed by atoms with Gasteiger partial charge in [-0.15, -0.1) is 0 Å². The Hall–Kier alpha value is -3.49. The summed E-state index contributed by atoms with van der Waals surface area (Å²) in [6.07, 6.45) is -9.56. The molecule has 15 heteroatoms. The summed E-state index contributed by atoms with van der Waals surface area (Å²) in [5, 5.41) is 5.79. The summed E-state index contributed by atoms with van der Waals surface area (Å²) in [7, 11) is -3.25. The van der Waals surface area contributed by atoms with Crippen molar-refractivity contribution in [2.45, 2.75) is 25.7 Å². The molecule has 204 valence electrons. The Balaban J connectivity index is 1.96. The Bertz CT molecular complexity index is 1180. The number of halogens is 6. The molecule has 0 aliphatic heterocycles. The Morgan fingerprint density at radius 3 is 1.51 bits per heavy atom. The summed E-state index contributed by atoms with van der Waals surface area (Å²) in [5.41, 5.74) is -3.41. The van der Waals surface area contributed by atoms with Gasteiger partial charge in [-0.2, -0.15) is 34.8 Å². The number of hydrogen-bond donors (Lipinski definition) is 0. The van der Waals surface area contributed by atoms with E-state index in [1.54, 1.807) is 0 Å². The Morgan fingerprint density at radius 1 is 0.757 bits per heavy atom. The van der Waals surface area contributed by atoms with Crippen LogP contribution in [0.1, 0.15) is 24.5 Å². The van der Waals surface area contributed by atoms with Gasteiger partial charge >= 0.3 is 22.5 Å². The monoisotopic (exact) mass is 556 g/mol. The van der Waals surface area contributed by atoms with Gasteiger partial charge < -0.3 is 14.3 Å². The number of benzene rings is 2. The van der Waals surface area contributed by atoms with Crippen LogP contribution < -0.4 is 9.47 Å². The van der Waals surface area contributed by atoms with Crippen LogP contribution in [0.4, 0.5) is 26.3 Å². The number of rotatable bonds is 12. The van der Waals surface area contributed by atoms with Crippen molar-refractivity contribution in [1.82, 2.24) is 0 Å². The van der Waals surface area contributed by atoms with Crippen molar-refractivity contribution < 1.29 is 53.4 Å². The van der Waals surface area contributed by atoms with Crippen LogP contribution in [-0.4, -0.2) is 58.3 Å². The van der Waals surface area contributed by atoms with E-state index in [9.17, 15) is 34.8 Å². The third-order valence-corrected chi connectivity index (χ3v) is 5.50. The van der Waals surface area contributed by atoms with Crippen molar-refractivity contribution in [2.24, 2.45) is 10.3 Å². The maximum atomic E-state index is 13.3. The van der Waals surface area contributed by atoms with E-state index in [0.29, 0.717) is 0 Å². The minimum Gasteiger partial charge on any atom is -0.490 e. The van der Waals surface area contributed by atoms with Crippen molar-refractivity contribution in [3.8, 4) is 11.5 Å². The van der Waals surface area contributed by atoms with Gasteiger partial charge in [0.25, 0.3) is 0 Å². The lowest BCUT2D eigenvalue weighted by molar-refractivity contribution is -0.0613. The highest BCUT2D eigenvalue weighted by atomic mass is 32.2. The second-order valence-electron chi connectivity index (χ2n) is 7.14. The first-order chi connectivity index (χ1) is 17.3. The summed E-state index contributed by atoms with van der Waals surface area (Å²) >= 11 is 0. The lowest BCUT2D eigenvalue weighted by Crippen LogP contribution is -2.25. The molecule has 0 unspecified atom stereocenters. The van der Waals surface area contributed by atoms with Crippen molar-refractivity contribution >= 4 is 21.5 Å². The van der Waals surface area contributed by atoms with Gasteiger partial charge in [0.05, 0.1) is 5.75 Å². The number of nitrogens with zero attached hydrogens (tertiary/aromatic N) is 2. The van der Waals surface area contributed by atoms with Gasteiger partial charge in [0.2, 0.25) is 0 Å². The Labute approximate surface area is 208 Å². The summed E-state index contributed by atoms with van der Waals surface area (Å²) in [6.45, 7) is 1.44. The van der Waals surface area contributed by atoms with E-state index in [-0.39, 0.29) is 36.7 Å². The SMILES string of the molecule is CCCS(=O)(=O)O/N=C(/c1ccc(OCCOc2ccc(/C(=N/OC)C(F)(F)F)cc2)cc1)C(F)(F)F. The minimum atomic E-state index is -4.98. The van der Waals surface area contributed by atoms with Crippen LogP contribution in [0, 0.1) is 0 Å². The molecule has 0 spiro atoms.